The number of aromatic nitrogens is 2. The van der Waals surface area contributed by atoms with Crippen LogP contribution in [0.4, 0.5) is 5.82 Å². The van der Waals surface area contributed by atoms with Crippen molar-refractivity contribution >= 4 is 16.6 Å². The zero-order valence-electron chi connectivity index (χ0n) is 16.3. The van der Waals surface area contributed by atoms with E-state index in [1.165, 1.54) is 38.6 Å². The fraction of sp³-hybridized carbons (Fsp3) is 0.200. The molecule has 0 bridgehead atoms. The molecule has 0 N–H and O–H groups in total. The van der Waals surface area contributed by atoms with E-state index in [4.69, 9.17) is 10.2 Å². The summed E-state index contributed by atoms with van der Waals surface area (Å²) in [6, 6.07) is 23.6. The predicted octanol–water partition coefficient (Wildman–Crippen LogP) is 5.48. The summed E-state index contributed by atoms with van der Waals surface area (Å²) in [4.78, 5) is 2.37. The highest BCUT2D eigenvalue weighted by Crippen LogP contribution is 2.35. The SMILES string of the molecule is Cc1cccc(C)c1-c1nnc(N2CCc3ccccc3C2)c2ccccc12. The van der Waals surface area contributed by atoms with Crippen molar-refractivity contribution in [2.45, 2.75) is 26.8 Å². The Bertz CT molecular complexity index is 1160. The minimum absolute atomic E-state index is 0.886. The normalized spacial score (nSPS) is 13.6. The fourth-order valence-corrected chi connectivity index (χ4v) is 4.37. The number of hydrogen-bond donors (Lipinski definition) is 0. The number of rotatable bonds is 2. The molecule has 0 saturated heterocycles. The van der Waals surface area contributed by atoms with Gasteiger partial charge in [-0.25, -0.2) is 0 Å². The average molecular weight is 365 g/mol. The molecule has 28 heavy (non-hydrogen) atoms. The second-order valence-corrected chi connectivity index (χ2v) is 7.62. The maximum atomic E-state index is 4.74. The van der Waals surface area contributed by atoms with Gasteiger partial charge in [0.25, 0.3) is 0 Å². The van der Waals surface area contributed by atoms with Gasteiger partial charge in [-0.05, 0) is 42.5 Å². The van der Waals surface area contributed by atoms with Crippen molar-refractivity contribution in [3.8, 4) is 11.3 Å². The van der Waals surface area contributed by atoms with E-state index in [0.29, 0.717) is 0 Å². The third-order valence-electron chi connectivity index (χ3n) is 5.82. The first kappa shape index (κ1) is 16.9. The molecule has 0 aliphatic carbocycles. The Balaban J connectivity index is 1.66. The highest BCUT2D eigenvalue weighted by molar-refractivity contribution is 6.01. The summed E-state index contributed by atoms with van der Waals surface area (Å²) in [7, 11) is 0. The van der Waals surface area contributed by atoms with E-state index in [1.54, 1.807) is 0 Å². The molecule has 0 radical (unpaired) electrons. The Morgan fingerprint density at radius 2 is 1.39 bits per heavy atom. The van der Waals surface area contributed by atoms with Gasteiger partial charge in [-0.1, -0.05) is 66.7 Å². The van der Waals surface area contributed by atoms with Crippen molar-refractivity contribution < 1.29 is 0 Å². The molecular formula is C25H23N3. The van der Waals surface area contributed by atoms with Gasteiger partial charge in [0.2, 0.25) is 0 Å². The summed E-state index contributed by atoms with van der Waals surface area (Å²) in [5, 5.41) is 11.8. The van der Waals surface area contributed by atoms with Crippen LogP contribution in [-0.2, 0) is 13.0 Å². The first-order chi connectivity index (χ1) is 13.7. The topological polar surface area (TPSA) is 29.0 Å². The maximum Gasteiger partial charge on any atom is 0.159 e. The van der Waals surface area contributed by atoms with E-state index >= 15 is 0 Å². The van der Waals surface area contributed by atoms with Crippen LogP contribution in [0.15, 0.2) is 66.7 Å². The highest BCUT2D eigenvalue weighted by atomic mass is 15.3. The predicted molar refractivity (Wildman–Crippen MR) is 116 cm³/mol. The lowest BCUT2D eigenvalue weighted by molar-refractivity contribution is 0.717. The summed E-state index contributed by atoms with van der Waals surface area (Å²) in [5.41, 5.74) is 7.48. The number of benzene rings is 3. The lowest BCUT2D eigenvalue weighted by Crippen LogP contribution is -2.31. The van der Waals surface area contributed by atoms with Crippen molar-refractivity contribution in [2.24, 2.45) is 0 Å². The fourth-order valence-electron chi connectivity index (χ4n) is 4.37. The Hall–Kier alpha value is -3.20. The van der Waals surface area contributed by atoms with E-state index in [-0.39, 0.29) is 0 Å². The van der Waals surface area contributed by atoms with Gasteiger partial charge in [-0.15, -0.1) is 10.2 Å². The quantitative estimate of drug-likeness (QED) is 0.471. The number of anilines is 1. The maximum absolute atomic E-state index is 4.74. The van der Waals surface area contributed by atoms with Crippen molar-refractivity contribution in [1.82, 2.24) is 10.2 Å². The zero-order valence-corrected chi connectivity index (χ0v) is 16.3. The van der Waals surface area contributed by atoms with Gasteiger partial charge in [0.15, 0.2) is 5.82 Å². The summed E-state index contributed by atoms with van der Waals surface area (Å²) in [6.07, 6.45) is 1.05. The van der Waals surface area contributed by atoms with Crippen LogP contribution in [0.25, 0.3) is 22.0 Å². The highest BCUT2D eigenvalue weighted by Gasteiger charge is 2.21. The third kappa shape index (κ3) is 2.75. The molecule has 1 aliphatic heterocycles. The Kier molecular flexibility index (Phi) is 4.09. The molecule has 3 nitrogen and oxygen atoms in total. The summed E-state index contributed by atoms with van der Waals surface area (Å²) < 4.78 is 0. The van der Waals surface area contributed by atoms with E-state index in [9.17, 15) is 0 Å². The molecule has 0 saturated carbocycles. The Morgan fingerprint density at radius 3 is 2.18 bits per heavy atom. The monoisotopic (exact) mass is 365 g/mol. The molecule has 4 aromatic rings. The molecule has 3 heteroatoms. The van der Waals surface area contributed by atoms with Crippen LogP contribution in [-0.4, -0.2) is 16.7 Å². The lowest BCUT2D eigenvalue weighted by atomic mass is 9.96. The van der Waals surface area contributed by atoms with Crippen molar-refractivity contribution in [2.75, 3.05) is 11.4 Å². The standard InChI is InChI=1S/C25H23N3/c1-17-8-7-9-18(2)23(17)24-21-12-5-6-13-22(21)25(27-26-24)28-15-14-19-10-3-4-11-20(19)16-28/h3-13H,14-16H2,1-2H3. The largest absolute Gasteiger partial charge is 0.350 e. The molecule has 0 atom stereocenters. The van der Waals surface area contributed by atoms with E-state index in [2.05, 4.69) is 85.5 Å². The van der Waals surface area contributed by atoms with Gasteiger partial charge >= 0.3 is 0 Å². The van der Waals surface area contributed by atoms with E-state index < -0.39 is 0 Å². The number of nitrogens with zero attached hydrogens (tertiary/aromatic N) is 3. The Labute approximate surface area is 165 Å². The van der Waals surface area contributed by atoms with Gasteiger partial charge in [0.05, 0.1) is 0 Å². The lowest BCUT2D eigenvalue weighted by Gasteiger charge is -2.30. The zero-order chi connectivity index (χ0) is 19.1. The number of aryl methyl sites for hydroxylation is 2. The molecule has 2 heterocycles. The molecule has 0 amide bonds. The van der Waals surface area contributed by atoms with Crippen molar-refractivity contribution in [3.63, 3.8) is 0 Å². The molecule has 1 aromatic heterocycles. The smallest absolute Gasteiger partial charge is 0.159 e. The van der Waals surface area contributed by atoms with Crippen LogP contribution in [0.3, 0.4) is 0 Å². The van der Waals surface area contributed by atoms with Gasteiger partial charge in [0.1, 0.15) is 5.69 Å². The molecule has 0 fully saturated rings. The molecule has 0 spiro atoms. The van der Waals surface area contributed by atoms with Crippen LogP contribution in [0.1, 0.15) is 22.3 Å². The second-order valence-electron chi connectivity index (χ2n) is 7.62. The first-order valence-corrected chi connectivity index (χ1v) is 9.86. The van der Waals surface area contributed by atoms with Crippen LogP contribution in [0.2, 0.25) is 0 Å². The molecule has 1 aliphatic rings. The average Bonchev–Trinajstić information content (AvgIpc) is 2.73. The number of fused-ring (bicyclic) bond motifs is 2. The molecule has 3 aromatic carbocycles. The molecule has 5 rings (SSSR count). The van der Waals surface area contributed by atoms with Crippen LogP contribution in [0, 0.1) is 13.8 Å². The molecule has 0 unspecified atom stereocenters. The van der Waals surface area contributed by atoms with E-state index in [1.807, 2.05) is 0 Å². The van der Waals surface area contributed by atoms with Crippen LogP contribution in [0.5, 0.6) is 0 Å². The molecule has 138 valence electrons. The van der Waals surface area contributed by atoms with Crippen molar-refractivity contribution in [1.29, 1.82) is 0 Å². The van der Waals surface area contributed by atoms with Gasteiger partial charge in [-0.2, -0.15) is 0 Å². The summed E-state index contributed by atoms with van der Waals surface area (Å²) >= 11 is 0. The minimum Gasteiger partial charge on any atom is -0.350 e. The van der Waals surface area contributed by atoms with Gasteiger partial charge in [-0.3, -0.25) is 0 Å². The number of hydrogen-bond acceptors (Lipinski definition) is 3. The van der Waals surface area contributed by atoms with Crippen LogP contribution >= 0.6 is 0 Å². The molecular weight excluding hydrogens is 342 g/mol. The van der Waals surface area contributed by atoms with Crippen LogP contribution < -0.4 is 4.90 Å². The van der Waals surface area contributed by atoms with Gasteiger partial charge < -0.3 is 4.90 Å². The van der Waals surface area contributed by atoms with Gasteiger partial charge in [0, 0.05) is 29.4 Å². The third-order valence-corrected chi connectivity index (χ3v) is 5.82. The summed E-state index contributed by atoms with van der Waals surface area (Å²) in [5.74, 6) is 0.986. The van der Waals surface area contributed by atoms with E-state index in [0.717, 1.165) is 31.0 Å². The Morgan fingerprint density at radius 1 is 0.714 bits per heavy atom. The minimum atomic E-state index is 0.886. The second kappa shape index (κ2) is 6.75. The van der Waals surface area contributed by atoms with Crippen molar-refractivity contribution in [3.05, 3.63) is 89.0 Å². The first-order valence-electron chi connectivity index (χ1n) is 9.86. The summed E-state index contributed by atoms with van der Waals surface area (Å²) in [6.45, 7) is 6.15.